The molecule has 30 heavy (non-hydrogen) atoms. The molecule has 3 N–H and O–H groups in total. The fourth-order valence-corrected chi connectivity index (χ4v) is 5.08. The third-order valence-corrected chi connectivity index (χ3v) is 7.14. The van der Waals surface area contributed by atoms with Gasteiger partial charge in [-0.1, -0.05) is 18.2 Å². The largest absolute Gasteiger partial charge is 0.587 e. The second-order valence-corrected chi connectivity index (χ2v) is 9.43. The molecular formula is C22H19N3O3S2. The van der Waals surface area contributed by atoms with Gasteiger partial charge in [-0.2, -0.15) is 0 Å². The van der Waals surface area contributed by atoms with Crippen molar-refractivity contribution in [3.05, 3.63) is 78.4 Å². The van der Waals surface area contributed by atoms with Crippen LogP contribution in [0.5, 0.6) is 0 Å². The van der Waals surface area contributed by atoms with E-state index in [0.717, 1.165) is 4.90 Å². The Morgan fingerprint density at radius 1 is 1.10 bits per heavy atom. The Balaban J connectivity index is 1.72. The quantitative estimate of drug-likeness (QED) is 0.474. The minimum atomic E-state index is -1.79. The molecule has 1 heterocycles. The molecule has 0 bridgehead atoms. The number of carbonyl (C=O) groups excluding carboxylic acids is 2. The zero-order valence-electron chi connectivity index (χ0n) is 16.1. The van der Waals surface area contributed by atoms with E-state index in [1.807, 2.05) is 13.0 Å². The normalized spacial score (nSPS) is 16.3. The zero-order chi connectivity index (χ0) is 21.3. The van der Waals surface area contributed by atoms with Gasteiger partial charge in [0.15, 0.2) is 4.90 Å². The topological polar surface area (TPSA) is 98.5 Å². The van der Waals surface area contributed by atoms with Crippen molar-refractivity contribution in [2.24, 2.45) is 0 Å². The van der Waals surface area contributed by atoms with Gasteiger partial charge in [-0.3, -0.25) is 9.59 Å². The Morgan fingerprint density at radius 2 is 1.80 bits per heavy atom. The van der Waals surface area contributed by atoms with Crippen LogP contribution < -0.4 is 15.4 Å². The number of para-hydroxylation sites is 1. The van der Waals surface area contributed by atoms with Gasteiger partial charge in [0, 0.05) is 16.1 Å². The minimum absolute atomic E-state index is 0.109. The molecule has 0 spiro atoms. The number of hydrogen-bond acceptors (Lipinski definition) is 5. The van der Waals surface area contributed by atoms with E-state index in [1.54, 1.807) is 66.7 Å². The van der Waals surface area contributed by atoms with Gasteiger partial charge in [0.25, 0.3) is 0 Å². The molecular weight excluding hydrogens is 418 g/mol. The molecule has 1 aliphatic rings. The molecule has 2 atom stereocenters. The summed E-state index contributed by atoms with van der Waals surface area (Å²) in [6.07, 6.45) is 0. The van der Waals surface area contributed by atoms with Crippen LogP contribution in [0.1, 0.15) is 17.3 Å². The SMILES string of the molecule is C[C@H]1Sc2ccc(C(=O)N(c3ccccc3)[S+]([O-])c3ccc(N)cc3)cc2NC1=O. The molecule has 0 fully saturated rings. The lowest BCUT2D eigenvalue weighted by atomic mass is 10.1. The van der Waals surface area contributed by atoms with Gasteiger partial charge >= 0.3 is 5.91 Å². The predicted octanol–water partition coefficient (Wildman–Crippen LogP) is 4.07. The number of nitrogens with one attached hydrogen (secondary N) is 1. The van der Waals surface area contributed by atoms with Crippen LogP contribution in [-0.4, -0.2) is 21.6 Å². The van der Waals surface area contributed by atoms with E-state index in [2.05, 4.69) is 5.32 Å². The molecule has 0 saturated carbocycles. The maximum atomic E-state index is 13.4. The van der Waals surface area contributed by atoms with Crippen LogP contribution >= 0.6 is 11.8 Å². The molecule has 0 saturated heterocycles. The van der Waals surface area contributed by atoms with Gasteiger partial charge in [0.1, 0.15) is 11.4 Å². The van der Waals surface area contributed by atoms with Crippen LogP contribution in [0.15, 0.2) is 82.6 Å². The summed E-state index contributed by atoms with van der Waals surface area (Å²) in [7, 11) is 0. The third-order valence-electron chi connectivity index (χ3n) is 4.58. The average Bonchev–Trinajstić information content (AvgIpc) is 2.75. The van der Waals surface area contributed by atoms with Crippen LogP contribution in [0.25, 0.3) is 0 Å². The highest BCUT2D eigenvalue weighted by atomic mass is 32.2. The van der Waals surface area contributed by atoms with Crippen LogP contribution in [-0.2, 0) is 16.2 Å². The summed E-state index contributed by atoms with van der Waals surface area (Å²) in [6, 6.07) is 20.5. The smallest absolute Gasteiger partial charge is 0.300 e. The van der Waals surface area contributed by atoms with E-state index < -0.39 is 17.3 Å². The number of nitrogen functional groups attached to an aromatic ring is 1. The molecule has 4 rings (SSSR count). The van der Waals surface area contributed by atoms with Crippen LogP contribution in [0.2, 0.25) is 0 Å². The summed E-state index contributed by atoms with van der Waals surface area (Å²) in [5, 5.41) is 2.63. The van der Waals surface area contributed by atoms with Crippen LogP contribution in [0.3, 0.4) is 0 Å². The van der Waals surface area contributed by atoms with Crippen molar-refractivity contribution in [1.82, 2.24) is 0 Å². The fourth-order valence-electron chi connectivity index (χ4n) is 3.00. The van der Waals surface area contributed by atoms with E-state index in [1.165, 1.54) is 16.1 Å². The molecule has 3 aromatic rings. The molecule has 0 aromatic heterocycles. The fraction of sp³-hybridized carbons (Fsp3) is 0.0909. The molecule has 1 aliphatic heterocycles. The second-order valence-electron chi connectivity index (χ2n) is 6.71. The lowest BCUT2D eigenvalue weighted by molar-refractivity contribution is -0.115. The molecule has 8 heteroatoms. The molecule has 3 aromatic carbocycles. The Bertz CT molecular complexity index is 1090. The molecule has 152 valence electrons. The summed E-state index contributed by atoms with van der Waals surface area (Å²) in [5.74, 6) is -0.542. The van der Waals surface area contributed by atoms with E-state index in [0.29, 0.717) is 27.5 Å². The molecule has 0 radical (unpaired) electrons. The number of benzene rings is 3. The van der Waals surface area contributed by atoms with Crippen LogP contribution in [0.4, 0.5) is 17.1 Å². The number of rotatable bonds is 4. The molecule has 6 nitrogen and oxygen atoms in total. The van der Waals surface area contributed by atoms with Crippen LogP contribution in [0, 0.1) is 0 Å². The van der Waals surface area contributed by atoms with E-state index in [9.17, 15) is 14.1 Å². The first kappa shape index (κ1) is 20.3. The Hall–Kier alpha value is -2.94. The monoisotopic (exact) mass is 437 g/mol. The highest BCUT2D eigenvalue weighted by Crippen LogP contribution is 2.36. The zero-order valence-corrected chi connectivity index (χ0v) is 17.7. The summed E-state index contributed by atoms with van der Waals surface area (Å²) >= 11 is -0.349. The number of carbonyl (C=O) groups is 2. The number of fused-ring (bicyclic) bond motifs is 1. The van der Waals surface area contributed by atoms with E-state index >= 15 is 0 Å². The minimum Gasteiger partial charge on any atom is -0.587 e. The summed E-state index contributed by atoms with van der Waals surface area (Å²) in [5.41, 5.74) is 7.70. The second kappa shape index (κ2) is 8.43. The van der Waals surface area contributed by atoms with E-state index in [-0.39, 0.29) is 11.2 Å². The van der Waals surface area contributed by atoms with Crippen molar-refractivity contribution < 1.29 is 14.1 Å². The summed E-state index contributed by atoms with van der Waals surface area (Å²) in [4.78, 5) is 26.8. The molecule has 1 unspecified atom stereocenters. The van der Waals surface area contributed by atoms with Gasteiger partial charge in [0.05, 0.1) is 16.6 Å². The first-order chi connectivity index (χ1) is 14.4. The summed E-state index contributed by atoms with van der Waals surface area (Å²) in [6.45, 7) is 1.83. The Morgan fingerprint density at radius 3 is 2.50 bits per heavy atom. The van der Waals surface area contributed by atoms with Crippen molar-refractivity contribution in [2.45, 2.75) is 22.0 Å². The lowest BCUT2D eigenvalue weighted by Crippen LogP contribution is -2.37. The Labute approximate surface area is 181 Å². The first-order valence-corrected chi connectivity index (χ1v) is 11.2. The van der Waals surface area contributed by atoms with Crippen molar-refractivity contribution in [1.29, 1.82) is 0 Å². The maximum Gasteiger partial charge on any atom is 0.300 e. The number of anilines is 3. The number of nitrogens with two attached hydrogens (primary N) is 1. The molecule has 0 aliphatic carbocycles. The third kappa shape index (κ3) is 4.02. The summed E-state index contributed by atoms with van der Waals surface area (Å²) < 4.78 is 14.6. The number of thioether (sulfide) groups is 1. The van der Waals surface area contributed by atoms with Gasteiger partial charge in [0.2, 0.25) is 5.91 Å². The number of hydrogen-bond donors (Lipinski definition) is 2. The Kier molecular flexibility index (Phi) is 5.72. The van der Waals surface area contributed by atoms with Crippen molar-refractivity contribution in [2.75, 3.05) is 15.4 Å². The highest BCUT2D eigenvalue weighted by molar-refractivity contribution is 8.01. The average molecular weight is 438 g/mol. The standard InChI is InChI=1S/C22H19N3O3S2/c1-14-21(26)24-19-13-15(7-12-20(19)29-14)22(27)25(17-5-3-2-4-6-17)30(28)18-10-8-16(23)9-11-18/h2-14H,23H2,1H3,(H,24,26)/t14-,30?/m1/s1. The van der Waals surface area contributed by atoms with Gasteiger partial charge in [-0.05, 0) is 61.5 Å². The van der Waals surface area contributed by atoms with Gasteiger partial charge in [-0.15, -0.1) is 16.1 Å². The van der Waals surface area contributed by atoms with Crippen molar-refractivity contribution >= 4 is 52.0 Å². The first-order valence-electron chi connectivity index (χ1n) is 9.22. The lowest BCUT2D eigenvalue weighted by Gasteiger charge is -2.25. The van der Waals surface area contributed by atoms with E-state index in [4.69, 9.17) is 5.73 Å². The number of nitrogens with zero attached hydrogens (tertiary/aromatic N) is 1. The maximum absolute atomic E-state index is 13.4. The van der Waals surface area contributed by atoms with Crippen molar-refractivity contribution in [3.8, 4) is 0 Å². The highest BCUT2D eigenvalue weighted by Gasteiger charge is 2.32. The predicted molar refractivity (Wildman–Crippen MR) is 121 cm³/mol. The van der Waals surface area contributed by atoms with Crippen molar-refractivity contribution in [3.63, 3.8) is 0 Å². The molecule has 2 amide bonds. The van der Waals surface area contributed by atoms with Gasteiger partial charge < -0.3 is 15.6 Å². The van der Waals surface area contributed by atoms with Gasteiger partial charge in [-0.25, -0.2) is 0 Å². The number of amides is 2.